The number of hydrogen-bond donors (Lipinski definition) is 0. The molecule has 0 aliphatic rings. The van der Waals surface area contributed by atoms with Crippen molar-refractivity contribution in [3.05, 3.63) is 18.2 Å². The van der Waals surface area contributed by atoms with Crippen molar-refractivity contribution in [3.8, 4) is 0 Å². The zero-order valence-electron chi connectivity index (χ0n) is 13.0. The van der Waals surface area contributed by atoms with E-state index in [0.29, 0.717) is 0 Å². The van der Waals surface area contributed by atoms with Gasteiger partial charge in [0.1, 0.15) is 5.82 Å². The number of nitrogens with zero attached hydrogens (tertiary/aromatic N) is 2. The summed E-state index contributed by atoms with van der Waals surface area (Å²) in [5.74, 6) is 1.29. The van der Waals surface area contributed by atoms with Crippen LogP contribution in [0.25, 0.3) is 0 Å². The molecule has 1 aromatic heterocycles. The molecule has 0 bridgehead atoms. The molecule has 2 nitrogen and oxygen atoms in total. The second kappa shape index (κ2) is 11.1. The molecule has 0 saturated carbocycles. The summed E-state index contributed by atoms with van der Waals surface area (Å²) in [5.41, 5.74) is 0. The summed E-state index contributed by atoms with van der Waals surface area (Å²) in [6.45, 7) is 5.67. The van der Waals surface area contributed by atoms with Gasteiger partial charge < -0.3 is 4.57 Å². The van der Waals surface area contributed by atoms with Crippen LogP contribution in [0.5, 0.6) is 0 Å². The van der Waals surface area contributed by atoms with E-state index < -0.39 is 0 Å². The summed E-state index contributed by atoms with van der Waals surface area (Å²) in [5, 5.41) is 0. The molecule has 0 aliphatic carbocycles. The van der Waals surface area contributed by atoms with Gasteiger partial charge in [-0.15, -0.1) is 0 Å². The quantitative estimate of drug-likeness (QED) is 0.464. The highest BCUT2D eigenvalue weighted by atomic mass is 15.1. The Bertz CT molecular complexity index is 304. The van der Waals surface area contributed by atoms with E-state index in [1.165, 1.54) is 70.0 Å². The van der Waals surface area contributed by atoms with Crippen LogP contribution in [0.15, 0.2) is 12.4 Å². The summed E-state index contributed by atoms with van der Waals surface area (Å²) in [7, 11) is 0. The topological polar surface area (TPSA) is 17.8 Å². The van der Waals surface area contributed by atoms with E-state index in [0.717, 1.165) is 13.0 Å². The van der Waals surface area contributed by atoms with Crippen LogP contribution in [0.4, 0.5) is 0 Å². The molecular weight excluding hydrogens is 232 g/mol. The van der Waals surface area contributed by atoms with Gasteiger partial charge in [0.2, 0.25) is 0 Å². The standard InChI is InChI=1S/C17H32N2/c1-3-5-7-8-9-10-11-12-13-17-18-14-16-19(17)15-6-4-2/h14,16H,3-13,15H2,1-2H3. The van der Waals surface area contributed by atoms with E-state index in [1.807, 2.05) is 6.20 Å². The van der Waals surface area contributed by atoms with Crippen LogP contribution in [0.1, 0.15) is 83.9 Å². The molecule has 0 amide bonds. The van der Waals surface area contributed by atoms with E-state index in [9.17, 15) is 0 Å². The molecule has 0 saturated heterocycles. The molecule has 19 heavy (non-hydrogen) atoms. The number of rotatable bonds is 12. The van der Waals surface area contributed by atoms with Crippen molar-refractivity contribution in [2.75, 3.05) is 0 Å². The van der Waals surface area contributed by atoms with Gasteiger partial charge in [-0.05, 0) is 12.8 Å². The molecule has 0 aliphatic heterocycles. The average Bonchev–Trinajstić information content (AvgIpc) is 2.87. The molecule has 110 valence electrons. The summed E-state index contributed by atoms with van der Waals surface area (Å²) in [4.78, 5) is 4.49. The van der Waals surface area contributed by atoms with Crippen LogP contribution in [0, 0.1) is 0 Å². The number of hydrogen-bond acceptors (Lipinski definition) is 1. The summed E-state index contributed by atoms with van der Waals surface area (Å²) < 4.78 is 2.34. The first-order valence-corrected chi connectivity index (χ1v) is 8.38. The van der Waals surface area contributed by atoms with Gasteiger partial charge in [-0.2, -0.15) is 0 Å². The molecule has 1 rings (SSSR count). The third kappa shape index (κ3) is 7.39. The first-order chi connectivity index (χ1) is 9.38. The van der Waals surface area contributed by atoms with Gasteiger partial charge in [-0.1, -0.05) is 65.2 Å². The number of aromatic nitrogens is 2. The minimum Gasteiger partial charge on any atom is -0.335 e. The predicted octanol–water partition coefficient (Wildman–Crippen LogP) is 5.37. The monoisotopic (exact) mass is 264 g/mol. The molecule has 2 heteroatoms. The normalized spacial score (nSPS) is 11.1. The second-order valence-electron chi connectivity index (χ2n) is 5.62. The number of aryl methyl sites for hydroxylation is 2. The Balaban J connectivity index is 2.04. The highest BCUT2D eigenvalue weighted by Gasteiger charge is 2.01. The number of unbranched alkanes of at least 4 members (excludes halogenated alkanes) is 8. The first-order valence-electron chi connectivity index (χ1n) is 8.38. The van der Waals surface area contributed by atoms with Crippen LogP contribution >= 0.6 is 0 Å². The maximum atomic E-state index is 4.49. The van der Waals surface area contributed by atoms with Gasteiger partial charge >= 0.3 is 0 Å². The van der Waals surface area contributed by atoms with Crippen molar-refractivity contribution >= 4 is 0 Å². The molecule has 0 atom stereocenters. The first kappa shape index (κ1) is 16.3. The second-order valence-corrected chi connectivity index (χ2v) is 5.62. The molecule has 0 unspecified atom stereocenters. The van der Waals surface area contributed by atoms with Crippen LogP contribution in [0.3, 0.4) is 0 Å². The Kier molecular flexibility index (Phi) is 9.48. The van der Waals surface area contributed by atoms with E-state index in [-0.39, 0.29) is 0 Å². The molecule has 0 fully saturated rings. The van der Waals surface area contributed by atoms with Gasteiger partial charge in [-0.3, -0.25) is 0 Å². The summed E-state index contributed by atoms with van der Waals surface area (Å²) in [6.07, 6.45) is 18.9. The van der Waals surface area contributed by atoms with Crippen molar-refractivity contribution in [2.45, 2.75) is 91.0 Å². The van der Waals surface area contributed by atoms with Gasteiger partial charge in [0.05, 0.1) is 0 Å². The van der Waals surface area contributed by atoms with Crippen molar-refractivity contribution in [2.24, 2.45) is 0 Å². The lowest BCUT2D eigenvalue weighted by atomic mass is 10.1. The Morgan fingerprint density at radius 2 is 1.47 bits per heavy atom. The molecule has 1 heterocycles. The zero-order valence-corrected chi connectivity index (χ0v) is 13.0. The van der Waals surface area contributed by atoms with Gasteiger partial charge in [-0.25, -0.2) is 4.98 Å². The van der Waals surface area contributed by atoms with E-state index in [4.69, 9.17) is 0 Å². The molecule has 0 radical (unpaired) electrons. The molecule has 0 spiro atoms. The van der Waals surface area contributed by atoms with E-state index >= 15 is 0 Å². The fraction of sp³-hybridized carbons (Fsp3) is 0.824. The minimum atomic E-state index is 1.14. The molecular formula is C17H32N2. The summed E-state index contributed by atoms with van der Waals surface area (Å²) in [6, 6.07) is 0. The average molecular weight is 264 g/mol. The molecule has 0 aromatic carbocycles. The van der Waals surface area contributed by atoms with Crippen LogP contribution in [-0.4, -0.2) is 9.55 Å². The number of imidazole rings is 1. The Hall–Kier alpha value is -0.790. The lowest BCUT2D eigenvalue weighted by Gasteiger charge is -2.07. The van der Waals surface area contributed by atoms with Gasteiger partial charge in [0.15, 0.2) is 0 Å². The zero-order chi connectivity index (χ0) is 13.8. The van der Waals surface area contributed by atoms with Crippen molar-refractivity contribution < 1.29 is 0 Å². The van der Waals surface area contributed by atoms with E-state index in [2.05, 4.69) is 29.6 Å². The molecule has 0 N–H and O–H groups in total. The highest BCUT2D eigenvalue weighted by Crippen LogP contribution is 2.11. The van der Waals surface area contributed by atoms with Crippen LogP contribution < -0.4 is 0 Å². The van der Waals surface area contributed by atoms with Crippen molar-refractivity contribution in [3.63, 3.8) is 0 Å². The maximum absolute atomic E-state index is 4.49. The highest BCUT2D eigenvalue weighted by molar-refractivity contribution is 4.92. The smallest absolute Gasteiger partial charge is 0.108 e. The van der Waals surface area contributed by atoms with Crippen molar-refractivity contribution in [1.29, 1.82) is 0 Å². The maximum Gasteiger partial charge on any atom is 0.108 e. The lowest BCUT2D eigenvalue weighted by molar-refractivity contribution is 0.555. The summed E-state index contributed by atoms with van der Waals surface area (Å²) >= 11 is 0. The minimum absolute atomic E-state index is 1.14. The third-order valence-electron chi connectivity index (χ3n) is 3.81. The van der Waals surface area contributed by atoms with Crippen LogP contribution in [-0.2, 0) is 13.0 Å². The fourth-order valence-corrected chi connectivity index (χ4v) is 2.52. The van der Waals surface area contributed by atoms with Gasteiger partial charge in [0.25, 0.3) is 0 Å². The fourth-order valence-electron chi connectivity index (χ4n) is 2.52. The molecule has 1 aromatic rings. The van der Waals surface area contributed by atoms with Crippen molar-refractivity contribution in [1.82, 2.24) is 9.55 Å². The largest absolute Gasteiger partial charge is 0.335 e. The van der Waals surface area contributed by atoms with E-state index in [1.54, 1.807) is 0 Å². The lowest BCUT2D eigenvalue weighted by Crippen LogP contribution is -2.03. The Morgan fingerprint density at radius 3 is 2.16 bits per heavy atom. The SMILES string of the molecule is CCCCCCCCCCc1nccn1CCCC. The Morgan fingerprint density at radius 1 is 0.842 bits per heavy atom. The Labute approximate surface area is 119 Å². The predicted molar refractivity (Wildman–Crippen MR) is 83.4 cm³/mol. The van der Waals surface area contributed by atoms with Crippen LogP contribution in [0.2, 0.25) is 0 Å². The van der Waals surface area contributed by atoms with Gasteiger partial charge in [0, 0.05) is 25.4 Å². The third-order valence-corrected chi connectivity index (χ3v) is 3.81.